The Bertz CT molecular complexity index is 767. The molecule has 1 N–H and O–H groups in total. The van der Waals surface area contributed by atoms with Crippen LogP contribution in [0, 0.1) is 11.3 Å². The Morgan fingerprint density at radius 3 is 2.34 bits per heavy atom. The van der Waals surface area contributed by atoms with Gasteiger partial charge in [-0.2, -0.15) is 0 Å². The number of nitrogens with one attached hydrogen (secondary N) is 1. The number of methoxy groups -OCH3 is 1. The molecule has 8 heteroatoms. The van der Waals surface area contributed by atoms with E-state index in [1.165, 1.54) is 14.0 Å². The van der Waals surface area contributed by atoms with Crippen LogP contribution >= 0.6 is 11.6 Å². The minimum absolute atomic E-state index is 0.0789. The molecular weight excluding hydrogens is 396 g/mol. The van der Waals surface area contributed by atoms with Crippen LogP contribution in [0.15, 0.2) is 18.2 Å². The summed E-state index contributed by atoms with van der Waals surface area (Å²) in [5.41, 5.74) is 0.0438. The smallest absolute Gasteiger partial charge is 0.309 e. The van der Waals surface area contributed by atoms with Gasteiger partial charge in [0, 0.05) is 24.2 Å². The van der Waals surface area contributed by atoms with E-state index in [9.17, 15) is 14.4 Å². The minimum Gasteiger partial charge on any atom is -0.495 e. The minimum atomic E-state index is -0.947. The molecule has 1 aliphatic heterocycles. The quantitative estimate of drug-likeness (QED) is 0.731. The zero-order valence-electron chi connectivity index (χ0n) is 17.6. The fraction of sp³-hybridized carbons (Fsp3) is 0.571. The van der Waals surface area contributed by atoms with E-state index >= 15 is 0 Å². The zero-order valence-corrected chi connectivity index (χ0v) is 18.3. The molecule has 160 valence electrons. The maximum absolute atomic E-state index is 12.4. The first-order valence-corrected chi connectivity index (χ1v) is 10.0. The van der Waals surface area contributed by atoms with Crippen LogP contribution in [0.5, 0.6) is 5.75 Å². The second-order valence-corrected chi connectivity index (χ2v) is 8.64. The standard InChI is InChI=1S/C21H29ClN2O5/c1-13(18(25)23-15-6-7-17(28-5)16(22)12-15)29-19(26)14-8-10-24(11-9-14)20(27)21(2,3)4/h6-7,12-14H,8-11H2,1-5H3,(H,23,25)/t13-/m1/s1. The maximum Gasteiger partial charge on any atom is 0.309 e. The molecule has 1 saturated heterocycles. The molecule has 7 nitrogen and oxygen atoms in total. The summed E-state index contributed by atoms with van der Waals surface area (Å²) in [4.78, 5) is 38.9. The number of amides is 2. The van der Waals surface area contributed by atoms with Crippen molar-refractivity contribution in [2.75, 3.05) is 25.5 Å². The fourth-order valence-corrected chi connectivity index (χ4v) is 3.36. The van der Waals surface area contributed by atoms with Gasteiger partial charge in [-0.3, -0.25) is 14.4 Å². The van der Waals surface area contributed by atoms with Gasteiger partial charge in [0.1, 0.15) is 5.75 Å². The summed E-state index contributed by atoms with van der Waals surface area (Å²) in [6, 6.07) is 4.86. The number of piperidine rings is 1. The molecule has 2 amide bonds. The molecule has 29 heavy (non-hydrogen) atoms. The second kappa shape index (κ2) is 9.48. The van der Waals surface area contributed by atoms with Crippen molar-refractivity contribution in [3.8, 4) is 5.75 Å². The van der Waals surface area contributed by atoms with Crippen LogP contribution in [0.3, 0.4) is 0 Å². The molecular formula is C21H29ClN2O5. The topological polar surface area (TPSA) is 84.9 Å². The van der Waals surface area contributed by atoms with Crippen molar-refractivity contribution in [1.82, 2.24) is 4.90 Å². The number of nitrogens with zero attached hydrogens (tertiary/aromatic N) is 1. The number of anilines is 1. The normalized spacial score (nSPS) is 16.1. The lowest BCUT2D eigenvalue weighted by atomic mass is 9.91. The third-order valence-electron chi connectivity index (χ3n) is 4.84. The molecule has 0 radical (unpaired) electrons. The average Bonchev–Trinajstić information content (AvgIpc) is 2.66. The molecule has 0 unspecified atom stereocenters. The molecule has 0 saturated carbocycles. The highest BCUT2D eigenvalue weighted by Gasteiger charge is 2.34. The molecule has 1 fully saturated rings. The van der Waals surface area contributed by atoms with Crippen LogP contribution in [0.4, 0.5) is 5.69 Å². The van der Waals surface area contributed by atoms with E-state index in [0.29, 0.717) is 42.4 Å². The molecule has 0 aromatic heterocycles. The first-order chi connectivity index (χ1) is 13.5. The van der Waals surface area contributed by atoms with Gasteiger partial charge in [0.25, 0.3) is 5.91 Å². The molecule has 1 atom stereocenters. The fourth-order valence-electron chi connectivity index (χ4n) is 3.10. The van der Waals surface area contributed by atoms with Gasteiger partial charge in [-0.05, 0) is 38.0 Å². The van der Waals surface area contributed by atoms with Crippen molar-refractivity contribution in [3.63, 3.8) is 0 Å². The van der Waals surface area contributed by atoms with Gasteiger partial charge < -0.3 is 19.7 Å². The third kappa shape index (κ3) is 6.10. The van der Waals surface area contributed by atoms with Crippen LogP contribution in [0.1, 0.15) is 40.5 Å². The van der Waals surface area contributed by atoms with E-state index in [2.05, 4.69) is 5.32 Å². The number of esters is 1. The number of likely N-dealkylation sites (tertiary alicyclic amines) is 1. The molecule has 0 aliphatic carbocycles. The monoisotopic (exact) mass is 424 g/mol. The predicted molar refractivity (Wildman–Crippen MR) is 111 cm³/mol. The highest BCUT2D eigenvalue weighted by atomic mass is 35.5. The first-order valence-electron chi connectivity index (χ1n) is 9.67. The molecule has 1 aromatic carbocycles. The van der Waals surface area contributed by atoms with Crippen LogP contribution in [-0.4, -0.2) is 49.0 Å². The average molecular weight is 425 g/mol. The summed E-state index contributed by atoms with van der Waals surface area (Å²) in [6.07, 6.45) is 0.115. The number of ether oxygens (including phenoxy) is 2. The number of hydrogen-bond donors (Lipinski definition) is 1. The van der Waals surface area contributed by atoms with E-state index in [4.69, 9.17) is 21.1 Å². The molecule has 0 bridgehead atoms. The van der Waals surface area contributed by atoms with Gasteiger partial charge in [0.2, 0.25) is 5.91 Å². The zero-order chi connectivity index (χ0) is 21.8. The Labute approximate surface area is 176 Å². The van der Waals surface area contributed by atoms with Crippen LogP contribution in [0.25, 0.3) is 0 Å². The van der Waals surface area contributed by atoms with E-state index < -0.39 is 23.4 Å². The number of hydrogen-bond acceptors (Lipinski definition) is 5. The summed E-state index contributed by atoms with van der Waals surface area (Å²) in [6.45, 7) is 8.20. The Kier molecular flexibility index (Phi) is 7.52. The second-order valence-electron chi connectivity index (χ2n) is 8.23. The van der Waals surface area contributed by atoms with E-state index in [1.54, 1.807) is 23.1 Å². The highest BCUT2D eigenvalue weighted by Crippen LogP contribution is 2.28. The van der Waals surface area contributed by atoms with Crippen LogP contribution in [-0.2, 0) is 19.1 Å². The molecule has 1 aromatic rings. The number of halogens is 1. The van der Waals surface area contributed by atoms with E-state index in [1.807, 2.05) is 20.8 Å². The van der Waals surface area contributed by atoms with Crippen molar-refractivity contribution >= 4 is 35.1 Å². The highest BCUT2D eigenvalue weighted by molar-refractivity contribution is 6.32. The Morgan fingerprint density at radius 1 is 1.21 bits per heavy atom. The van der Waals surface area contributed by atoms with Gasteiger partial charge in [-0.1, -0.05) is 32.4 Å². The SMILES string of the molecule is COc1ccc(NC(=O)[C@@H](C)OC(=O)C2CCN(C(=O)C(C)(C)C)CC2)cc1Cl. The number of rotatable bonds is 5. The summed E-state index contributed by atoms with van der Waals surface area (Å²) in [5.74, 6) is -0.594. The van der Waals surface area contributed by atoms with E-state index in [-0.39, 0.29) is 11.8 Å². The first kappa shape index (κ1) is 23.0. The number of carbonyl (C=O) groups excluding carboxylic acids is 3. The largest absolute Gasteiger partial charge is 0.495 e. The van der Waals surface area contributed by atoms with Crippen molar-refractivity contribution in [2.45, 2.75) is 46.6 Å². The lowest BCUT2D eigenvalue weighted by Crippen LogP contribution is -2.45. The van der Waals surface area contributed by atoms with Crippen molar-refractivity contribution in [3.05, 3.63) is 23.2 Å². The molecule has 0 spiro atoms. The maximum atomic E-state index is 12.4. The lowest BCUT2D eigenvalue weighted by molar-refractivity contribution is -0.160. The van der Waals surface area contributed by atoms with Gasteiger partial charge in [-0.15, -0.1) is 0 Å². The van der Waals surface area contributed by atoms with Gasteiger partial charge in [0.15, 0.2) is 6.10 Å². The summed E-state index contributed by atoms with van der Waals surface area (Å²) in [7, 11) is 1.50. The van der Waals surface area contributed by atoms with E-state index in [0.717, 1.165) is 0 Å². The summed E-state index contributed by atoms with van der Waals surface area (Å²) < 4.78 is 10.4. The van der Waals surface area contributed by atoms with Crippen LogP contribution in [0.2, 0.25) is 5.02 Å². The molecule has 1 heterocycles. The predicted octanol–water partition coefficient (Wildman–Crippen LogP) is 3.50. The van der Waals surface area contributed by atoms with Gasteiger partial charge >= 0.3 is 5.97 Å². The van der Waals surface area contributed by atoms with Gasteiger partial charge in [0.05, 0.1) is 18.1 Å². The summed E-state index contributed by atoms with van der Waals surface area (Å²) >= 11 is 6.05. The van der Waals surface area contributed by atoms with Crippen molar-refractivity contribution < 1.29 is 23.9 Å². The number of carbonyl (C=O) groups is 3. The Hall–Kier alpha value is -2.28. The lowest BCUT2D eigenvalue weighted by Gasteiger charge is -2.35. The summed E-state index contributed by atoms with van der Waals surface area (Å²) in [5, 5.41) is 3.04. The Morgan fingerprint density at radius 2 is 1.83 bits per heavy atom. The third-order valence-corrected chi connectivity index (χ3v) is 5.13. The molecule has 2 rings (SSSR count). The van der Waals surface area contributed by atoms with Crippen LogP contribution < -0.4 is 10.1 Å². The van der Waals surface area contributed by atoms with Crippen molar-refractivity contribution in [1.29, 1.82) is 0 Å². The Balaban J connectivity index is 1.85. The van der Waals surface area contributed by atoms with Crippen molar-refractivity contribution in [2.24, 2.45) is 11.3 Å². The number of benzene rings is 1. The van der Waals surface area contributed by atoms with Gasteiger partial charge in [-0.25, -0.2) is 0 Å². The molecule has 1 aliphatic rings.